The van der Waals surface area contributed by atoms with Gasteiger partial charge >= 0.3 is 6.18 Å². The van der Waals surface area contributed by atoms with Gasteiger partial charge in [0.1, 0.15) is 11.4 Å². The van der Waals surface area contributed by atoms with E-state index in [1.807, 2.05) is 12.1 Å². The third-order valence-corrected chi connectivity index (χ3v) is 6.91. The number of hydrogen-bond acceptors (Lipinski definition) is 7. The summed E-state index contributed by atoms with van der Waals surface area (Å²) in [5, 5.41) is 14.5. The van der Waals surface area contributed by atoms with Gasteiger partial charge < -0.3 is 15.1 Å². The third-order valence-electron chi connectivity index (χ3n) is 6.68. The minimum atomic E-state index is -4.84. The van der Waals surface area contributed by atoms with Crippen molar-refractivity contribution >= 4 is 34.7 Å². The summed E-state index contributed by atoms with van der Waals surface area (Å²) < 4.78 is 39.7. The standard InChI is InChI=1S/C24H28ClF3N6O3.CH4/c25-17-3-6-22(29-15-17)32-12-10-31(11-13-32)8-1-2-23(35)33-9-7-19(16-33)30-18-4-5-21(34(36)37)20(14-18)24(26,27)28;/h3-6,14-15,19,30H,1-2,7-13,16H2;1H4/t19-;/m0./s1. The summed E-state index contributed by atoms with van der Waals surface area (Å²) in [5.74, 6) is 0.924. The van der Waals surface area contributed by atoms with Crippen LogP contribution < -0.4 is 10.2 Å². The predicted molar refractivity (Wildman–Crippen MR) is 141 cm³/mol. The molecule has 9 nitrogen and oxygen atoms in total. The zero-order chi connectivity index (χ0) is 26.6. The number of amides is 1. The lowest BCUT2D eigenvalue weighted by atomic mass is 10.1. The van der Waals surface area contributed by atoms with E-state index in [-0.39, 0.29) is 25.1 Å². The Morgan fingerprint density at radius 1 is 1.16 bits per heavy atom. The SMILES string of the molecule is C.O=C(CCCN1CCN(c2ccc(Cl)cn2)CC1)N1CC[C@H](Nc2ccc([N+](=O)[O-])c(C(F)(F)F)c2)C1. The van der Waals surface area contributed by atoms with Gasteiger partial charge in [-0.25, -0.2) is 4.98 Å². The highest BCUT2D eigenvalue weighted by molar-refractivity contribution is 6.30. The highest BCUT2D eigenvalue weighted by Crippen LogP contribution is 2.37. The Labute approximate surface area is 224 Å². The Hall–Kier alpha value is -3.12. The van der Waals surface area contributed by atoms with Gasteiger partial charge in [0.2, 0.25) is 5.91 Å². The number of benzene rings is 1. The van der Waals surface area contributed by atoms with Gasteiger partial charge in [0.25, 0.3) is 5.69 Å². The number of nitrogens with zero attached hydrogens (tertiary/aromatic N) is 5. The number of pyridine rings is 1. The second kappa shape index (κ2) is 12.6. The maximum Gasteiger partial charge on any atom is 0.423 e. The molecule has 1 amide bonds. The lowest BCUT2D eigenvalue weighted by Crippen LogP contribution is -2.47. The molecule has 1 aromatic heterocycles. The minimum absolute atomic E-state index is 0. The van der Waals surface area contributed by atoms with Gasteiger partial charge in [-0.05, 0) is 43.7 Å². The van der Waals surface area contributed by atoms with Crippen LogP contribution in [0.25, 0.3) is 0 Å². The van der Waals surface area contributed by atoms with Crippen molar-refractivity contribution in [2.75, 3.05) is 56.0 Å². The number of carbonyl (C=O) groups excluding carboxylic acids is 1. The smallest absolute Gasteiger partial charge is 0.380 e. The number of nitrogens with one attached hydrogen (secondary N) is 1. The predicted octanol–water partition coefficient (Wildman–Crippen LogP) is 4.91. The van der Waals surface area contributed by atoms with Crippen LogP contribution in [0.4, 0.5) is 30.4 Å². The first-order valence-electron chi connectivity index (χ1n) is 12.1. The van der Waals surface area contributed by atoms with E-state index in [0.717, 1.165) is 57.1 Å². The fraction of sp³-hybridized carbons (Fsp3) is 0.520. The summed E-state index contributed by atoms with van der Waals surface area (Å²) in [6.07, 6.45) is -1.48. The van der Waals surface area contributed by atoms with Crippen LogP contribution in [0, 0.1) is 10.1 Å². The summed E-state index contributed by atoms with van der Waals surface area (Å²) in [6.45, 7) is 5.16. The van der Waals surface area contributed by atoms with Gasteiger partial charge in [0.15, 0.2) is 0 Å². The van der Waals surface area contributed by atoms with Crippen molar-refractivity contribution in [2.24, 2.45) is 0 Å². The molecule has 0 bridgehead atoms. The van der Waals surface area contributed by atoms with E-state index in [2.05, 4.69) is 20.1 Å². The number of anilines is 2. The van der Waals surface area contributed by atoms with E-state index >= 15 is 0 Å². The molecule has 4 rings (SSSR count). The Morgan fingerprint density at radius 2 is 1.89 bits per heavy atom. The molecule has 1 N–H and O–H groups in total. The molecule has 2 aromatic rings. The monoisotopic (exact) mass is 556 g/mol. The normalized spacial score (nSPS) is 18.3. The van der Waals surface area contributed by atoms with Crippen molar-refractivity contribution in [2.45, 2.75) is 38.9 Å². The number of halogens is 4. The number of nitro benzene ring substituents is 1. The van der Waals surface area contributed by atoms with Gasteiger partial charge in [-0.15, -0.1) is 0 Å². The number of piperazine rings is 1. The molecule has 2 aliphatic heterocycles. The Kier molecular flexibility index (Phi) is 9.77. The van der Waals surface area contributed by atoms with Crippen LogP contribution in [0.3, 0.4) is 0 Å². The van der Waals surface area contributed by atoms with Crippen LogP contribution in [0.15, 0.2) is 36.5 Å². The number of rotatable bonds is 8. The molecule has 1 atom stereocenters. The fourth-order valence-corrected chi connectivity index (χ4v) is 4.83. The second-order valence-electron chi connectivity index (χ2n) is 9.22. The van der Waals surface area contributed by atoms with Crippen LogP contribution in [0.5, 0.6) is 0 Å². The van der Waals surface area contributed by atoms with Crippen LogP contribution in [-0.2, 0) is 11.0 Å². The maximum absolute atomic E-state index is 13.2. The lowest BCUT2D eigenvalue weighted by molar-refractivity contribution is -0.388. The minimum Gasteiger partial charge on any atom is -0.380 e. The van der Waals surface area contributed by atoms with Gasteiger partial charge in [0, 0.05) is 69.7 Å². The van der Waals surface area contributed by atoms with E-state index in [9.17, 15) is 28.1 Å². The van der Waals surface area contributed by atoms with E-state index in [0.29, 0.717) is 31.0 Å². The molecule has 13 heteroatoms. The molecule has 2 saturated heterocycles. The molecule has 208 valence electrons. The molecular formula is C25H32ClF3N6O3. The van der Waals surface area contributed by atoms with Crippen molar-refractivity contribution in [1.82, 2.24) is 14.8 Å². The first-order chi connectivity index (χ1) is 17.6. The average Bonchev–Trinajstić information content (AvgIpc) is 3.33. The van der Waals surface area contributed by atoms with Crippen molar-refractivity contribution in [3.63, 3.8) is 0 Å². The first-order valence-corrected chi connectivity index (χ1v) is 12.5. The van der Waals surface area contributed by atoms with Crippen LogP contribution in [-0.4, -0.2) is 77.5 Å². The molecule has 0 saturated carbocycles. The van der Waals surface area contributed by atoms with Crippen molar-refractivity contribution in [1.29, 1.82) is 0 Å². The maximum atomic E-state index is 13.2. The van der Waals surface area contributed by atoms with Gasteiger partial charge in [0.05, 0.1) is 9.95 Å². The topological polar surface area (TPSA) is 94.9 Å². The molecule has 38 heavy (non-hydrogen) atoms. The van der Waals surface area contributed by atoms with Crippen molar-refractivity contribution in [3.05, 3.63) is 57.2 Å². The van der Waals surface area contributed by atoms with E-state index in [1.54, 1.807) is 11.1 Å². The highest BCUT2D eigenvalue weighted by Gasteiger charge is 2.38. The summed E-state index contributed by atoms with van der Waals surface area (Å²) in [4.78, 5) is 33.2. The number of aromatic nitrogens is 1. The number of carbonyl (C=O) groups is 1. The molecule has 0 aliphatic carbocycles. The van der Waals surface area contributed by atoms with E-state index in [4.69, 9.17) is 11.6 Å². The lowest BCUT2D eigenvalue weighted by Gasteiger charge is -2.35. The molecular weight excluding hydrogens is 525 g/mol. The Balaban J connectivity index is 0.00000400. The molecule has 2 aliphatic rings. The van der Waals surface area contributed by atoms with Crippen LogP contribution in [0.1, 0.15) is 32.3 Å². The number of alkyl halides is 3. The fourth-order valence-electron chi connectivity index (χ4n) is 4.72. The summed E-state index contributed by atoms with van der Waals surface area (Å²) >= 11 is 5.90. The average molecular weight is 557 g/mol. The van der Waals surface area contributed by atoms with E-state index < -0.39 is 22.4 Å². The third kappa shape index (κ3) is 7.47. The van der Waals surface area contributed by atoms with Crippen molar-refractivity contribution in [3.8, 4) is 0 Å². The molecule has 0 radical (unpaired) electrons. The van der Waals surface area contributed by atoms with Crippen LogP contribution in [0.2, 0.25) is 5.02 Å². The molecule has 0 spiro atoms. The quantitative estimate of drug-likeness (QED) is 0.364. The zero-order valence-corrected chi connectivity index (χ0v) is 20.8. The van der Waals surface area contributed by atoms with Crippen LogP contribution >= 0.6 is 11.6 Å². The Morgan fingerprint density at radius 3 is 2.53 bits per heavy atom. The van der Waals surface area contributed by atoms with Gasteiger partial charge in [-0.3, -0.25) is 19.8 Å². The number of hydrogen-bond donors (Lipinski definition) is 1. The highest BCUT2D eigenvalue weighted by atomic mass is 35.5. The Bertz CT molecular complexity index is 1110. The number of nitro groups is 1. The summed E-state index contributed by atoms with van der Waals surface area (Å²) in [7, 11) is 0. The largest absolute Gasteiger partial charge is 0.423 e. The molecule has 3 heterocycles. The summed E-state index contributed by atoms with van der Waals surface area (Å²) in [6, 6.07) is 6.39. The van der Waals surface area contributed by atoms with Gasteiger partial charge in [-0.1, -0.05) is 19.0 Å². The first kappa shape index (κ1) is 29.4. The zero-order valence-electron chi connectivity index (χ0n) is 20.1. The molecule has 2 fully saturated rings. The molecule has 0 unspecified atom stereocenters. The van der Waals surface area contributed by atoms with E-state index in [1.165, 1.54) is 6.07 Å². The van der Waals surface area contributed by atoms with Crippen molar-refractivity contribution < 1.29 is 22.9 Å². The van der Waals surface area contributed by atoms with Gasteiger partial charge in [-0.2, -0.15) is 13.2 Å². The second-order valence-corrected chi connectivity index (χ2v) is 9.66. The number of likely N-dealkylation sites (tertiary alicyclic amines) is 1. The molecule has 1 aromatic carbocycles. The summed E-state index contributed by atoms with van der Waals surface area (Å²) in [5.41, 5.74) is -2.13.